The minimum atomic E-state index is -1.16. The van der Waals surface area contributed by atoms with E-state index < -0.39 is 29.0 Å². The zero-order chi connectivity index (χ0) is 27.1. The third-order valence-electron chi connectivity index (χ3n) is 5.75. The number of ether oxygens (including phenoxy) is 4. The topological polar surface area (TPSA) is 121 Å². The van der Waals surface area contributed by atoms with Crippen LogP contribution >= 0.6 is 0 Å². The van der Waals surface area contributed by atoms with Crippen LogP contribution in [0.3, 0.4) is 0 Å². The summed E-state index contributed by atoms with van der Waals surface area (Å²) < 4.78 is 36.4. The molecule has 0 aliphatic heterocycles. The van der Waals surface area contributed by atoms with Crippen molar-refractivity contribution in [3.63, 3.8) is 0 Å². The maximum atomic E-state index is 13.7. The van der Waals surface area contributed by atoms with Gasteiger partial charge < -0.3 is 24.3 Å². The number of nitrogens with one attached hydrogen (secondary N) is 2. The Morgan fingerprint density at radius 1 is 1.00 bits per heavy atom. The molecule has 1 aromatic heterocycles. The fraction of sp³-hybridized carbons (Fsp3) is 0.346. The number of benzene rings is 2. The number of aryl methyl sites for hydroxylation is 2. The van der Waals surface area contributed by atoms with E-state index in [0.29, 0.717) is 54.3 Å². The zero-order valence-electron chi connectivity index (χ0n) is 21.3. The van der Waals surface area contributed by atoms with Crippen LogP contribution in [0.15, 0.2) is 46.1 Å². The molecule has 198 valence electrons. The molecule has 0 aliphatic carbocycles. The van der Waals surface area contributed by atoms with Crippen LogP contribution in [0.25, 0.3) is 0 Å². The predicted molar refractivity (Wildman–Crippen MR) is 136 cm³/mol. The Kier molecular flexibility index (Phi) is 8.94. The molecule has 0 fully saturated rings. The van der Waals surface area contributed by atoms with Gasteiger partial charge in [-0.15, -0.1) is 0 Å². The van der Waals surface area contributed by atoms with Crippen molar-refractivity contribution in [1.29, 1.82) is 0 Å². The van der Waals surface area contributed by atoms with E-state index in [1.54, 1.807) is 33.5 Å². The van der Waals surface area contributed by atoms with E-state index in [4.69, 9.17) is 18.9 Å². The highest BCUT2D eigenvalue weighted by Gasteiger charge is 2.20. The van der Waals surface area contributed by atoms with Crippen molar-refractivity contribution < 1.29 is 28.1 Å². The van der Waals surface area contributed by atoms with Gasteiger partial charge in [-0.1, -0.05) is 6.07 Å². The van der Waals surface area contributed by atoms with Crippen LogP contribution in [-0.2, 0) is 17.6 Å². The average molecular weight is 516 g/mol. The van der Waals surface area contributed by atoms with Gasteiger partial charge in [-0.3, -0.25) is 19.1 Å². The summed E-state index contributed by atoms with van der Waals surface area (Å²) in [6.07, 6.45) is 1.97. The number of nitrogens with zero attached hydrogens (tertiary/aromatic N) is 1. The summed E-state index contributed by atoms with van der Waals surface area (Å²) in [6.45, 7) is 3.60. The number of rotatable bonds is 11. The minimum Gasteiger partial charge on any atom is -0.493 e. The van der Waals surface area contributed by atoms with E-state index in [9.17, 15) is 18.8 Å². The van der Waals surface area contributed by atoms with Gasteiger partial charge in [0.2, 0.25) is 17.5 Å². The molecule has 0 radical (unpaired) electrons. The smallest absolute Gasteiger partial charge is 0.329 e. The van der Waals surface area contributed by atoms with E-state index in [-0.39, 0.29) is 0 Å². The van der Waals surface area contributed by atoms with Crippen LogP contribution in [-0.4, -0.2) is 43.4 Å². The molecule has 0 spiro atoms. The SMILES string of the molecule is CCOc1ccc(CCc2cc(OC)c(OC)c(OC)c2)cc1NC(=O)C(C)n1cc(F)c(=O)[nH]c1=O. The number of carbonyl (C=O) groups is 1. The molecule has 2 aromatic carbocycles. The Bertz CT molecular complexity index is 1360. The standard InChI is InChI=1S/C26H30FN3O7/c1-6-37-20-10-9-16(7-8-17-12-21(34-3)23(36-5)22(13-17)35-4)11-19(20)28-24(31)15(2)30-14-18(27)25(32)29-26(30)33/h9-15H,6-8H2,1-5H3,(H,28,31)(H,29,32,33). The molecular weight excluding hydrogens is 485 g/mol. The second kappa shape index (κ2) is 12.1. The lowest BCUT2D eigenvalue weighted by Gasteiger charge is -2.18. The van der Waals surface area contributed by atoms with Crippen LogP contribution in [0.4, 0.5) is 10.1 Å². The Morgan fingerprint density at radius 3 is 2.24 bits per heavy atom. The number of anilines is 1. The summed E-state index contributed by atoms with van der Waals surface area (Å²) >= 11 is 0. The molecule has 0 saturated carbocycles. The number of carbonyl (C=O) groups excluding carboxylic acids is 1. The normalized spacial score (nSPS) is 11.5. The lowest BCUT2D eigenvalue weighted by atomic mass is 10.0. The summed E-state index contributed by atoms with van der Waals surface area (Å²) in [5.41, 5.74) is 0.235. The quantitative estimate of drug-likeness (QED) is 0.403. The maximum absolute atomic E-state index is 13.7. The van der Waals surface area contributed by atoms with E-state index >= 15 is 0 Å². The molecule has 1 atom stereocenters. The van der Waals surface area contributed by atoms with Crippen LogP contribution in [0.1, 0.15) is 31.0 Å². The number of amides is 1. The lowest BCUT2D eigenvalue weighted by molar-refractivity contribution is -0.118. The number of methoxy groups -OCH3 is 3. The van der Waals surface area contributed by atoms with E-state index in [1.807, 2.05) is 30.1 Å². The number of H-pyrrole nitrogens is 1. The molecule has 37 heavy (non-hydrogen) atoms. The molecule has 3 aromatic rings. The summed E-state index contributed by atoms with van der Waals surface area (Å²) in [7, 11) is 4.65. The Labute approximate surface area is 212 Å². The first kappa shape index (κ1) is 27.3. The molecule has 0 bridgehead atoms. The van der Waals surface area contributed by atoms with Gasteiger partial charge in [-0.2, -0.15) is 4.39 Å². The largest absolute Gasteiger partial charge is 0.493 e. The molecule has 11 heteroatoms. The molecule has 10 nitrogen and oxygen atoms in total. The Hall–Kier alpha value is -4.28. The van der Waals surface area contributed by atoms with Crippen molar-refractivity contribution >= 4 is 11.6 Å². The third kappa shape index (κ3) is 6.29. The third-order valence-corrected chi connectivity index (χ3v) is 5.75. The maximum Gasteiger partial charge on any atom is 0.329 e. The van der Waals surface area contributed by atoms with E-state index in [1.165, 1.54) is 6.92 Å². The monoisotopic (exact) mass is 515 g/mol. The number of halogens is 1. The van der Waals surface area contributed by atoms with Crippen molar-refractivity contribution in [2.75, 3.05) is 33.3 Å². The number of aromatic nitrogens is 2. The number of hydrogen-bond acceptors (Lipinski definition) is 7. The highest BCUT2D eigenvalue weighted by molar-refractivity contribution is 5.95. The molecule has 0 aliphatic rings. The summed E-state index contributed by atoms with van der Waals surface area (Å²) in [5, 5.41) is 2.75. The molecule has 1 unspecified atom stereocenters. The summed E-state index contributed by atoms with van der Waals surface area (Å²) in [4.78, 5) is 38.2. The van der Waals surface area contributed by atoms with Crippen LogP contribution < -0.4 is 35.5 Å². The van der Waals surface area contributed by atoms with Crippen LogP contribution in [0.2, 0.25) is 0 Å². The van der Waals surface area contributed by atoms with Crippen molar-refractivity contribution in [3.8, 4) is 23.0 Å². The molecular formula is C26H30FN3O7. The first-order chi connectivity index (χ1) is 17.7. The van der Waals surface area contributed by atoms with Crippen LogP contribution in [0.5, 0.6) is 23.0 Å². The predicted octanol–water partition coefficient (Wildman–Crippen LogP) is 3.09. The lowest BCUT2D eigenvalue weighted by Crippen LogP contribution is -2.37. The summed E-state index contributed by atoms with van der Waals surface area (Å²) in [6, 6.07) is 8.08. The van der Waals surface area contributed by atoms with Gasteiger partial charge in [0.05, 0.1) is 39.8 Å². The summed E-state index contributed by atoms with van der Waals surface area (Å²) in [5.74, 6) is 0.313. The highest BCUT2D eigenvalue weighted by atomic mass is 19.1. The van der Waals surface area contributed by atoms with Crippen molar-refractivity contribution in [3.05, 3.63) is 74.3 Å². The van der Waals surface area contributed by atoms with E-state index in [0.717, 1.165) is 15.7 Å². The molecule has 3 rings (SSSR count). The number of hydrogen-bond donors (Lipinski definition) is 2. The van der Waals surface area contributed by atoms with Crippen LogP contribution in [0, 0.1) is 5.82 Å². The van der Waals surface area contributed by atoms with Gasteiger partial charge in [0, 0.05) is 0 Å². The minimum absolute atomic E-state index is 0.369. The molecule has 2 N–H and O–H groups in total. The van der Waals surface area contributed by atoms with Gasteiger partial charge in [-0.05, 0) is 62.1 Å². The second-order valence-electron chi connectivity index (χ2n) is 8.11. The molecule has 0 saturated heterocycles. The van der Waals surface area contributed by atoms with Gasteiger partial charge >= 0.3 is 5.69 Å². The Balaban J connectivity index is 1.83. The fourth-order valence-electron chi connectivity index (χ4n) is 3.79. The zero-order valence-corrected chi connectivity index (χ0v) is 21.3. The molecule has 1 amide bonds. The average Bonchev–Trinajstić information content (AvgIpc) is 2.89. The van der Waals surface area contributed by atoms with Gasteiger partial charge in [0.25, 0.3) is 5.56 Å². The van der Waals surface area contributed by atoms with Crippen molar-refractivity contribution in [1.82, 2.24) is 9.55 Å². The molecule has 1 heterocycles. The Morgan fingerprint density at radius 2 is 1.65 bits per heavy atom. The van der Waals surface area contributed by atoms with Crippen molar-refractivity contribution in [2.45, 2.75) is 32.7 Å². The van der Waals surface area contributed by atoms with Gasteiger partial charge in [0.15, 0.2) is 11.5 Å². The van der Waals surface area contributed by atoms with Crippen molar-refractivity contribution in [2.24, 2.45) is 0 Å². The fourth-order valence-corrected chi connectivity index (χ4v) is 3.79. The van der Waals surface area contributed by atoms with E-state index in [2.05, 4.69) is 5.32 Å². The van der Waals surface area contributed by atoms with Gasteiger partial charge in [-0.25, -0.2) is 4.79 Å². The van der Waals surface area contributed by atoms with Gasteiger partial charge in [0.1, 0.15) is 11.8 Å². The first-order valence-corrected chi connectivity index (χ1v) is 11.6. The number of aromatic amines is 1. The highest BCUT2D eigenvalue weighted by Crippen LogP contribution is 2.38. The second-order valence-corrected chi connectivity index (χ2v) is 8.11. The first-order valence-electron chi connectivity index (χ1n) is 11.6.